The molecule has 0 aromatic heterocycles. The topological polar surface area (TPSA) is 78.5 Å². The molecule has 1 aliphatic heterocycles. The van der Waals surface area contributed by atoms with Gasteiger partial charge in [-0.1, -0.05) is 24.3 Å². The van der Waals surface area contributed by atoms with Gasteiger partial charge in [-0.05, 0) is 61.0 Å². The average molecular weight is 431 g/mol. The molecule has 0 saturated carbocycles. The summed E-state index contributed by atoms with van der Waals surface area (Å²) in [4.78, 5) is 39.4. The third-order valence-corrected chi connectivity index (χ3v) is 5.37. The molecular formula is C25H22FN3O3. The van der Waals surface area contributed by atoms with E-state index in [2.05, 4.69) is 10.6 Å². The second-order valence-electron chi connectivity index (χ2n) is 7.73. The quantitative estimate of drug-likeness (QED) is 0.629. The first kappa shape index (κ1) is 21.2. The maximum atomic E-state index is 13.4. The maximum Gasteiger partial charge on any atom is 0.255 e. The Labute approximate surface area is 185 Å². The lowest BCUT2D eigenvalue weighted by molar-refractivity contribution is -0.122. The van der Waals surface area contributed by atoms with E-state index in [4.69, 9.17) is 0 Å². The Bertz CT molecular complexity index is 1180. The van der Waals surface area contributed by atoms with Crippen molar-refractivity contribution in [3.8, 4) is 0 Å². The van der Waals surface area contributed by atoms with Gasteiger partial charge >= 0.3 is 0 Å². The number of carbonyl (C=O) groups excluding carboxylic acids is 3. The molecule has 0 aliphatic carbocycles. The zero-order valence-electron chi connectivity index (χ0n) is 17.5. The molecule has 1 heterocycles. The first-order valence-electron chi connectivity index (χ1n) is 10.2. The number of nitrogens with one attached hydrogen (secondary N) is 2. The van der Waals surface area contributed by atoms with Gasteiger partial charge < -0.3 is 15.5 Å². The average Bonchev–Trinajstić information content (AvgIpc) is 3.19. The van der Waals surface area contributed by atoms with Crippen molar-refractivity contribution in [1.82, 2.24) is 0 Å². The molecule has 1 aliphatic rings. The van der Waals surface area contributed by atoms with Gasteiger partial charge in [-0.15, -0.1) is 0 Å². The largest absolute Gasteiger partial charge is 0.326 e. The van der Waals surface area contributed by atoms with Crippen molar-refractivity contribution in [3.05, 3.63) is 89.7 Å². The van der Waals surface area contributed by atoms with Gasteiger partial charge in [-0.3, -0.25) is 14.4 Å². The fraction of sp³-hybridized carbons (Fsp3) is 0.160. The number of para-hydroxylation sites is 1. The summed E-state index contributed by atoms with van der Waals surface area (Å²) in [6, 6.07) is 20.2. The van der Waals surface area contributed by atoms with Crippen molar-refractivity contribution in [2.75, 3.05) is 22.1 Å². The van der Waals surface area contributed by atoms with Crippen molar-refractivity contribution in [3.63, 3.8) is 0 Å². The molecule has 3 aromatic rings. The molecule has 3 amide bonds. The highest BCUT2D eigenvalue weighted by atomic mass is 19.1. The molecule has 0 radical (unpaired) electrons. The Hall–Kier alpha value is -4.00. The number of hydrogen-bond donors (Lipinski definition) is 2. The number of carbonyl (C=O) groups is 3. The molecule has 0 spiro atoms. The predicted molar refractivity (Wildman–Crippen MR) is 121 cm³/mol. The van der Waals surface area contributed by atoms with E-state index < -0.39 is 5.92 Å². The summed E-state index contributed by atoms with van der Waals surface area (Å²) >= 11 is 0. The monoisotopic (exact) mass is 431 g/mol. The zero-order chi connectivity index (χ0) is 22.7. The normalized spacial score (nSPS) is 15.5. The van der Waals surface area contributed by atoms with Gasteiger partial charge in [0, 0.05) is 35.6 Å². The minimum absolute atomic E-state index is 0.0620. The Morgan fingerprint density at radius 1 is 0.938 bits per heavy atom. The van der Waals surface area contributed by atoms with Crippen LogP contribution in [0.2, 0.25) is 0 Å². The van der Waals surface area contributed by atoms with Gasteiger partial charge in [0.05, 0.1) is 5.92 Å². The van der Waals surface area contributed by atoms with Crippen LogP contribution in [0.15, 0.2) is 72.8 Å². The van der Waals surface area contributed by atoms with Gasteiger partial charge in [-0.2, -0.15) is 0 Å². The van der Waals surface area contributed by atoms with E-state index in [1.807, 2.05) is 18.2 Å². The number of hydrogen-bond acceptors (Lipinski definition) is 3. The SMILES string of the molecule is Cc1cc(NC(=O)[C@@H]2CC(=O)N(c3cccc(C(=O)Nc4ccccc4)c3)C2)ccc1F. The molecule has 1 saturated heterocycles. The fourth-order valence-corrected chi connectivity index (χ4v) is 3.64. The van der Waals surface area contributed by atoms with Crippen LogP contribution in [0.5, 0.6) is 0 Å². The van der Waals surface area contributed by atoms with Crippen LogP contribution in [0.3, 0.4) is 0 Å². The van der Waals surface area contributed by atoms with Gasteiger partial charge in [0.2, 0.25) is 11.8 Å². The summed E-state index contributed by atoms with van der Waals surface area (Å²) in [6.45, 7) is 1.82. The van der Waals surface area contributed by atoms with Crippen molar-refractivity contribution in [2.24, 2.45) is 5.92 Å². The van der Waals surface area contributed by atoms with Crippen LogP contribution in [0.25, 0.3) is 0 Å². The molecule has 32 heavy (non-hydrogen) atoms. The summed E-state index contributed by atoms with van der Waals surface area (Å²) in [6.07, 6.45) is 0.0620. The molecule has 0 unspecified atom stereocenters. The summed E-state index contributed by atoms with van der Waals surface area (Å²) in [5.41, 5.74) is 2.56. The van der Waals surface area contributed by atoms with Crippen LogP contribution >= 0.6 is 0 Å². The lowest BCUT2D eigenvalue weighted by atomic mass is 10.1. The molecule has 4 rings (SSSR count). The third kappa shape index (κ3) is 4.67. The van der Waals surface area contributed by atoms with Gasteiger partial charge in [0.1, 0.15) is 5.82 Å². The summed E-state index contributed by atoms with van der Waals surface area (Å²) in [5.74, 6) is -1.67. The minimum atomic E-state index is -0.547. The van der Waals surface area contributed by atoms with E-state index >= 15 is 0 Å². The highest BCUT2D eigenvalue weighted by Crippen LogP contribution is 2.27. The van der Waals surface area contributed by atoms with E-state index in [9.17, 15) is 18.8 Å². The molecule has 1 fully saturated rings. The van der Waals surface area contributed by atoms with E-state index in [0.29, 0.717) is 28.2 Å². The van der Waals surface area contributed by atoms with Crippen molar-refractivity contribution in [1.29, 1.82) is 0 Å². The highest BCUT2D eigenvalue weighted by molar-refractivity contribution is 6.07. The lowest BCUT2D eigenvalue weighted by Gasteiger charge is -2.18. The van der Waals surface area contributed by atoms with Gasteiger partial charge in [0.15, 0.2) is 0 Å². The number of anilines is 3. The zero-order valence-corrected chi connectivity index (χ0v) is 17.5. The number of aryl methyl sites for hydroxylation is 1. The first-order valence-corrected chi connectivity index (χ1v) is 10.2. The molecule has 0 bridgehead atoms. The van der Waals surface area contributed by atoms with E-state index in [1.165, 1.54) is 17.0 Å². The van der Waals surface area contributed by atoms with Crippen LogP contribution in [-0.2, 0) is 9.59 Å². The van der Waals surface area contributed by atoms with Gasteiger partial charge in [-0.25, -0.2) is 4.39 Å². The molecule has 162 valence electrons. The predicted octanol–water partition coefficient (Wildman–Crippen LogP) is 4.38. The summed E-state index contributed by atoms with van der Waals surface area (Å²) in [7, 11) is 0. The molecule has 3 aromatic carbocycles. The van der Waals surface area contributed by atoms with Crippen LogP contribution in [0.4, 0.5) is 21.5 Å². The van der Waals surface area contributed by atoms with E-state index in [-0.39, 0.29) is 36.5 Å². The summed E-state index contributed by atoms with van der Waals surface area (Å²) in [5, 5.41) is 5.57. The van der Waals surface area contributed by atoms with Crippen molar-refractivity contribution >= 4 is 34.8 Å². The van der Waals surface area contributed by atoms with Crippen molar-refractivity contribution < 1.29 is 18.8 Å². The van der Waals surface area contributed by atoms with Gasteiger partial charge in [0.25, 0.3) is 5.91 Å². The Morgan fingerprint density at radius 3 is 2.47 bits per heavy atom. The van der Waals surface area contributed by atoms with Crippen LogP contribution in [-0.4, -0.2) is 24.3 Å². The fourth-order valence-electron chi connectivity index (χ4n) is 3.64. The first-order chi connectivity index (χ1) is 15.4. The smallest absolute Gasteiger partial charge is 0.255 e. The van der Waals surface area contributed by atoms with Crippen LogP contribution in [0.1, 0.15) is 22.3 Å². The van der Waals surface area contributed by atoms with E-state index in [0.717, 1.165) is 0 Å². The number of amides is 3. The number of halogens is 1. The molecular weight excluding hydrogens is 409 g/mol. The third-order valence-electron chi connectivity index (χ3n) is 5.37. The number of benzene rings is 3. The lowest BCUT2D eigenvalue weighted by Crippen LogP contribution is -2.28. The highest BCUT2D eigenvalue weighted by Gasteiger charge is 2.35. The Morgan fingerprint density at radius 2 is 1.72 bits per heavy atom. The van der Waals surface area contributed by atoms with Crippen LogP contribution in [0, 0.1) is 18.7 Å². The molecule has 6 nitrogen and oxygen atoms in total. The maximum absolute atomic E-state index is 13.4. The standard InChI is InChI=1S/C25H22FN3O3/c1-16-12-20(10-11-22(16)26)28-25(32)18-14-23(30)29(15-18)21-9-5-6-17(13-21)24(31)27-19-7-3-2-4-8-19/h2-13,18H,14-15H2,1H3,(H,27,31)(H,28,32)/t18-/m1/s1. The minimum Gasteiger partial charge on any atom is -0.326 e. The second kappa shape index (κ2) is 9.01. The molecule has 2 N–H and O–H groups in total. The molecule has 7 heteroatoms. The molecule has 1 atom stereocenters. The Kier molecular flexibility index (Phi) is 5.98. The number of rotatable bonds is 5. The van der Waals surface area contributed by atoms with E-state index in [1.54, 1.807) is 49.4 Å². The van der Waals surface area contributed by atoms with Crippen molar-refractivity contribution in [2.45, 2.75) is 13.3 Å². The number of nitrogens with zero attached hydrogens (tertiary/aromatic N) is 1. The van der Waals surface area contributed by atoms with Crippen LogP contribution < -0.4 is 15.5 Å². The Balaban J connectivity index is 1.44. The summed E-state index contributed by atoms with van der Waals surface area (Å²) < 4.78 is 13.4. The second-order valence-corrected chi connectivity index (χ2v) is 7.73.